The van der Waals surface area contributed by atoms with E-state index in [9.17, 15) is 9.18 Å². The van der Waals surface area contributed by atoms with Crippen molar-refractivity contribution in [2.45, 2.75) is 20.5 Å². The predicted octanol–water partition coefficient (Wildman–Crippen LogP) is 6.99. The third kappa shape index (κ3) is 5.49. The summed E-state index contributed by atoms with van der Waals surface area (Å²) in [4.78, 5) is 17.5. The van der Waals surface area contributed by atoms with Crippen LogP contribution in [0.1, 0.15) is 23.9 Å². The summed E-state index contributed by atoms with van der Waals surface area (Å²) in [6, 6.07) is 13.5. The van der Waals surface area contributed by atoms with E-state index in [1.807, 2.05) is 13.0 Å². The van der Waals surface area contributed by atoms with Gasteiger partial charge in [-0.2, -0.15) is 9.78 Å². The molecule has 35 heavy (non-hydrogen) atoms. The molecule has 3 aromatic carbocycles. The largest absolute Gasteiger partial charge is 0.490 e. The lowest BCUT2D eigenvalue weighted by Gasteiger charge is -2.16. The molecule has 0 bridgehead atoms. The lowest BCUT2D eigenvalue weighted by Crippen LogP contribution is -2.20. The van der Waals surface area contributed by atoms with Crippen LogP contribution in [0.15, 0.2) is 71.8 Å². The molecule has 0 saturated heterocycles. The van der Waals surface area contributed by atoms with Gasteiger partial charge >= 0.3 is 0 Å². The summed E-state index contributed by atoms with van der Waals surface area (Å²) in [6.45, 7) is 3.99. The summed E-state index contributed by atoms with van der Waals surface area (Å²) in [6.07, 6.45) is 1.54. The maximum Gasteiger partial charge on any atom is 0.282 e. The summed E-state index contributed by atoms with van der Waals surface area (Å²) in [5.41, 5.74) is 1.38. The quantitative estimate of drug-likeness (QED) is 0.199. The smallest absolute Gasteiger partial charge is 0.282 e. The Morgan fingerprint density at radius 2 is 1.86 bits per heavy atom. The van der Waals surface area contributed by atoms with Gasteiger partial charge in [-0.1, -0.05) is 34.1 Å². The highest BCUT2D eigenvalue weighted by molar-refractivity contribution is 9.13. The van der Waals surface area contributed by atoms with Crippen molar-refractivity contribution in [3.05, 3.63) is 95.1 Å². The van der Waals surface area contributed by atoms with Crippen LogP contribution in [-0.2, 0) is 6.61 Å². The molecule has 0 aliphatic rings. The average Bonchev–Trinajstić information content (AvgIpc) is 2.83. The Hall–Kier alpha value is -2.56. The van der Waals surface area contributed by atoms with Gasteiger partial charge < -0.3 is 9.47 Å². The zero-order valence-electron chi connectivity index (χ0n) is 18.7. The van der Waals surface area contributed by atoms with Gasteiger partial charge in [0.1, 0.15) is 18.2 Å². The fourth-order valence-electron chi connectivity index (χ4n) is 3.38. The molecule has 10 heteroatoms. The molecule has 0 saturated carbocycles. The second-order valence-corrected chi connectivity index (χ2v) is 9.92. The van der Waals surface area contributed by atoms with Crippen molar-refractivity contribution in [3.63, 3.8) is 0 Å². The van der Waals surface area contributed by atoms with E-state index in [-0.39, 0.29) is 18.0 Å². The number of benzene rings is 3. The Morgan fingerprint density at radius 1 is 1.09 bits per heavy atom. The molecular formula is C25H19Br3FN3O3. The SMILES string of the molecule is CCOc1cc(C=Nn2c(C)nc3ccc(Br)cc3c2=O)c(Br)c(Br)c1OCc1ccccc1F. The molecule has 4 aromatic rings. The minimum Gasteiger partial charge on any atom is -0.490 e. The fourth-order valence-corrected chi connectivity index (χ4v) is 4.67. The van der Waals surface area contributed by atoms with Crippen molar-refractivity contribution in [1.82, 2.24) is 9.66 Å². The van der Waals surface area contributed by atoms with Gasteiger partial charge in [-0.05, 0) is 76.0 Å². The van der Waals surface area contributed by atoms with E-state index >= 15 is 0 Å². The van der Waals surface area contributed by atoms with Gasteiger partial charge in [0.25, 0.3) is 5.56 Å². The number of aromatic nitrogens is 2. The van der Waals surface area contributed by atoms with E-state index in [1.54, 1.807) is 43.3 Å². The first-order valence-electron chi connectivity index (χ1n) is 10.5. The van der Waals surface area contributed by atoms with Gasteiger partial charge in [-0.25, -0.2) is 9.37 Å². The van der Waals surface area contributed by atoms with Gasteiger partial charge in [0.05, 0.1) is 28.2 Å². The lowest BCUT2D eigenvalue weighted by molar-refractivity contribution is 0.264. The molecule has 0 N–H and O–H groups in total. The van der Waals surface area contributed by atoms with Gasteiger partial charge in [0, 0.05) is 20.1 Å². The van der Waals surface area contributed by atoms with Crippen LogP contribution < -0.4 is 15.0 Å². The van der Waals surface area contributed by atoms with Crippen molar-refractivity contribution in [2.24, 2.45) is 5.10 Å². The van der Waals surface area contributed by atoms with E-state index < -0.39 is 0 Å². The number of ether oxygens (including phenoxy) is 2. The first-order valence-corrected chi connectivity index (χ1v) is 12.9. The summed E-state index contributed by atoms with van der Waals surface area (Å²) >= 11 is 10.5. The van der Waals surface area contributed by atoms with Gasteiger partial charge in [-0.15, -0.1) is 0 Å². The Balaban J connectivity index is 1.72. The molecule has 0 atom stereocenters. The molecule has 0 amide bonds. The van der Waals surface area contributed by atoms with Crippen LogP contribution in [0.2, 0.25) is 0 Å². The van der Waals surface area contributed by atoms with E-state index in [4.69, 9.17) is 9.47 Å². The summed E-state index contributed by atoms with van der Waals surface area (Å²) < 4.78 is 29.0. The molecule has 0 aliphatic heterocycles. The summed E-state index contributed by atoms with van der Waals surface area (Å²) in [5, 5.41) is 4.85. The predicted molar refractivity (Wildman–Crippen MR) is 145 cm³/mol. The van der Waals surface area contributed by atoms with Crippen LogP contribution in [0, 0.1) is 12.7 Å². The summed E-state index contributed by atoms with van der Waals surface area (Å²) in [5.74, 6) is 0.974. The topological polar surface area (TPSA) is 65.7 Å². The Labute approximate surface area is 226 Å². The molecule has 180 valence electrons. The minimum atomic E-state index is -0.346. The molecule has 0 aliphatic carbocycles. The van der Waals surface area contributed by atoms with Crippen molar-refractivity contribution in [3.8, 4) is 11.5 Å². The molecule has 0 fully saturated rings. The van der Waals surface area contributed by atoms with E-state index in [1.165, 1.54) is 17.0 Å². The molecular weight excluding hydrogens is 649 g/mol. The van der Waals surface area contributed by atoms with Crippen molar-refractivity contribution in [1.29, 1.82) is 0 Å². The summed E-state index contributed by atoms with van der Waals surface area (Å²) in [7, 11) is 0. The molecule has 0 radical (unpaired) electrons. The lowest BCUT2D eigenvalue weighted by atomic mass is 10.2. The number of hydrogen-bond donors (Lipinski definition) is 0. The van der Waals surface area contributed by atoms with E-state index in [2.05, 4.69) is 57.9 Å². The molecule has 1 aromatic heterocycles. The number of hydrogen-bond acceptors (Lipinski definition) is 5. The van der Waals surface area contributed by atoms with Crippen molar-refractivity contribution >= 4 is 64.9 Å². The van der Waals surface area contributed by atoms with Crippen LogP contribution in [0.4, 0.5) is 4.39 Å². The van der Waals surface area contributed by atoms with E-state index in [0.29, 0.717) is 54.9 Å². The molecule has 4 rings (SSSR count). The van der Waals surface area contributed by atoms with Crippen molar-refractivity contribution in [2.75, 3.05) is 6.61 Å². The maximum atomic E-state index is 14.0. The Bertz CT molecular complexity index is 1510. The van der Waals surface area contributed by atoms with Crippen LogP contribution >= 0.6 is 47.8 Å². The molecule has 0 unspecified atom stereocenters. The number of nitrogens with zero attached hydrogens (tertiary/aromatic N) is 3. The Kier molecular flexibility index (Phi) is 8.03. The van der Waals surface area contributed by atoms with E-state index in [0.717, 1.165) is 4.47 Å². The normalized spacial score (nSPS) is 11.4. The second kappa shape index (κ2) is 11.0. The Morgan fingerprint density at radius 3 is 2.60 bits per heavy atom. The van der Waals surface area contributed by atoms with Gasteiger partial charge in [0.2, 0.25) is 0 Å². The molecule has 0 spiro atoms. The molecule has 1 heterocycles. The van der Waals surface area contributed by atoms with Crippen LogP contribution in [0.5, 0.6) is 11.5 Å². The maximum absolute atomic E-state index is 14.0. The number of halogens is 4. The zero-order chi connectivity index (χ0) is 25.1. The van der Waals surface area contributed by atoms with Gasteiger partial charge in [0.15, 0.2) is 11.5 Å². The minimum absolute atomic E-state index is 0.0259. The standard InChI is InChI=1S/C25H19Br3FN3O3/c1-3-34-21-10-16(22(27)23(28)24(21)35-13-15-6-4-5-7-19(15)29)12-30-32-14(2)31-20-9-8-17(26)11-18(20)25(32)33/h4-12H,3,13H2,1-2H3. The number of fused-ring (bicyclic) bond motifs is 1. The monoisotopic (exact) mass is 665 g/mol. The fraction of sp³-hybridized carbons (Fsp3) is 0.160. The van der Waals surface area contributed by atoms with Gasteiger partial charge in [-0.3, -0.25) is 4.79 Å². The third-order valence-corrected chi connectivity index (χ3v) is 7.70. The van der Waals surface area contributed by atoms with Crippen LogP contribution in [-0.4, -0.2) is 22.5 Å². The zero-order valence-corrected chi connectivity index (χ0v) is 23.4. The third-order valence-electron chi connectivity index (χ3n) is 5.07. The number of aryl methyl sites for hydroxylation is 1. The molecule has 6 nitrogen and oxygen atoms in total. The second-order valence-electron chi connectivity index (χ2n) is 7.42. The highest BCUT2D eigenvalue weighted by Gasteiger charge is 2.18. The first-order chi connectivity index (χ1) is 16.8. The van der Waals surface area contributed by atoms with Crippen molar-refractivity contribution < 1.29 is 13.9 Å². The number of rotatable bonds is 7. The highest BCUT2D eigenvalue weighted by Crippen LogP contribution is 2.43. The van der Waals surface area contributed by atoms with Crippen LogP contribution in [0.3, 0.4) is 0 Å². The highest BCUT2D eigenvalue weighted by atomic mass is 79.9. The first kappa shape index (κ1) is 25.5. The van der Waals surface area contributed by atoms with Crippen LogP contribution in [0.25, 0.3) is 10.9 Å². The average molecular weight is 668 g/mol.